The van der Waals surface area contributed by atoms with Crippen molar-refractivity contribution in [3.05, 3.63) is 30.1 Å². The first kappa shape index (κ1) is 17.1. The minimum atomic E-state index is -0.403. The highest BCUT2D eigenvalue weighted by Crippen LogP contribution is 2.08. The average molecular weight is 295 g/mol. The zero-order valence-corrected chi connectivity index (χ0v) is 12.6. The summed E-state index contributed by atoms with van der Waals surface area (Å²) in [6.45, 7) is 6.19. The molecule has 0 saturated heterocycles. The van der Waals surface area contributed by atoms with E-state index in [1.807, 2.05) is 20.8 Å². The summed E-state index contributed by atoms with van der Waals surface area (Å²) in [5, 5.41) is 8.27. The highest BCUT2D eigenvalue weighted by atomic mass is 19.1. The molecule has 2 amide bonds. The Bertz CT molecular complexity index is 498. The number of nitrogens with one attached hydrogen (secondary N) is 3. The summed E-state index contributed by atoms with van der Waals surface area (Å²) in [6, 6.07) is 5.68. The lowest BCUT2D eigenvalue weighted by molar-refractivity contribution is -0.122. The molecular formula is C15H22FN3O2. The van der Waals surface area contributed by atoms with Gasteiger partial charge in [-0.15, -0.1) is 0 Å². The summed E-state index contributed by atoms with van der Waals surface area (Å²) >= 11 is 0. The molecule has 5 nitrogen and oxygen atoms in total. The minimum Gasteiger partial charge on any atom is -0.351 e. The van der Waals surface area contributed by atoms with Crippen LogP contribution in [0.25, 0.3) is 0 Å². The fourth-order valence-corrected chi connectivity index (χ4v) is 1.66. The number of anilines is 1. The number of benzene rings is 1. The summed E-state index contributed by atoms with van der Waals surface area (Å²) in [6.07, 6.45) is 0.296. The Morgan fingerprint density at radius 2 is 1.90 bits per heavy atom. The molecule has 1 aromatic rings. The van der Waals surface area contributed by atoms with Crippen molar-refractivity contribution < 1.29 is 14.0 Å². The largest absolute Gasteiger partial charge is 0.351 e. The van der Waals surface area contributed by atoms with E-state index < -0.39 is 5.82 Å². The number of carbonyl (C=O) groups excluding carboxylic acids is 2. The van der Waals surface area contributed by atoms with Crippen LogP contribution >= 0.6 is 0 Å². The number of carbonyl (C=O) groups is 2. The highest BCUT2D eigenvalue weighted by Gasteiger charge is 2.13. The van der Waals surface area contributed by atoms with Crippen molar-refractivity contribution in [1.29, 1.82) is 0 Å². The molecule has 0 aliphatic carbocycles. The van der Waals surface area contributed by atoms with E-state index >= 15 is 0 Å². The number of halogens is 1. The van der Waals surface area contributed by atoms with Crippen LogP contribution in [0.1, 0.15) is 27.2 Å². The topological polar surface area (TPSA) is 70.2 Å². The van der Waals surface area contributed by atoms with E-state index in [1.165, 1.54) is 18.2 Å². The maximum Gasteiger partial charge on any atom is 0.238 e. The summed E-state index contributed by atoms with van der Waals surface area (Å²) in [7, 11) is 0. The molecule has 0 fully saturated rings. The van der Waals surface area contributed by atoms with Gasteiger partial charge in [-0.25, -0.2) is 4.39 Å². The van der Waals surface area contributed by atoms with Gasteiger partial charge in [0, 0.05) is 24.2 Å². The van der Waals surface area contributed by atoms with Crippen molar-refractivity contribution >= 4 is 17.5 Å². The SMILES string of the molecule is CC(C)(C)NC(=O)CCNCC(=O)Nc1cccc(F)c1. The van der Waals surface area contributed by atoms with Gasteiger partial charge in [0.15, 0.2) is 0 Å². The molecule has 6 heteroatoms. The molecule has 0 atom stereocenters. The molecule has 0 spiro atoms. The molecule has 0 aromatic heterocycles. The molecule has 21 heavy (non-hydrogen) atoms. The number of rotatable bonds is 6. The Morgan fingerprint density at radius 1 is 1.19 bits per heavy atom. The van der Waals surface area contributed by atoms with Crippen molar-refractivity contribution in [3.8, 4) is 0 Å². The number of hydrogen-bond acceptors (Lipinski definition) is 3. The molecule has 0 unspecified atom stereocenters. The predicted molar refractivity (Wildman–Crippen MR) is 80.4 cm³/mol. The van der Waals surface area contributed by atoms with Crippen molar-refractivity contribution in [2.75, 3.05) is 18.4 Å². The van der Waals surface area contributed by atoms with Crippen LogP contribution in [0.5, 0.6) is 0 Å². The lowest BCUT2D eigenvalue weighted by Crippen LogP contribution is -2.42. The van der Waals surface area contributed by atoms with Gasteiger partial charge in [-0.05, 0) is 39.0 Å². The molecule has 0 heterocycles. The van der Waals surface area contributed by atoms with Gasteiger partial charge in [0.2, 0.25) is 11.8 Å². The summed E-state index contributed by atoms with van der Waals surface area (Å²) in [5.41, 5.74) is 0.151. The Hall–Kier alpha value is -1.95. The summed E-state index contributed by atoms with van der Waals surface area (Å²) in [5.74, 6) is -0.753. The molecule has 3 N–H and O–H groups in total. The first-order valence-electron chi connectivity index (χ1n) is 6.83. The van der Waals surface area contributed by atoms with Crippen LogP contribution < -0.4 is 16.0 Å². The van der Waals surface area contributed by atoms with E-state index in [-0.39, 0.29) is 23.9 Å². The van der Waals surface area contributed by atoms with Crippen LogP contribution in [0, 0.1) is 5.82 Å². The van der Waals surface area contributed by atoms with Gasteiger partial charge in [0.25, 0.3) is 0 Å². The average Bonchev–Trinajstić information content (AvgIpc) is 2.32. The zero-order valence-electron chi connectivity index (χ0n) is 12.6. The van der Waals surface area contributed by atoms with E-state index in [4.69, 9.17) is 0 Å². The van der Waals surface area contributed by atoms with E-state index in [2.05, 4.69) is 16.0 Å². The van der Waals surface area contributed by atoms with Gasteiger partial charge in [0.05, 0.1) is 6.54 Å². The van der Waals surface area contributed by atoms with Crippen LogP contribution in [-0.4, -0.2) is 30.4 Å². The molecule has 0 aliphatic heterocycles. The monoisotopic (exact) mass is 295 g/mol. The second-order valence-corrected chi connectivity index (χ2v) is 5.78. The van der Waals surface area contributed by atoms with Crippen LogP contribution in [0.3, 0.4) is 0 Å². The quantitative estimate of drug-likeness (QED) is 0.699. The maximum atomic E-state index is 12.9. The van der Waals surface area contributed by atoms with Crippen LogP contribution in [0.2, 0.25) is 0 Å². The third kappa shape index (κ3) is 8.04. The van der Waals surface area contributed by atoms with Crippen LogP contribution in [0.15, 0.2) is 24.3 Å². The van der Waals surface area contributed by atoms with Gasteiger partial charge >= 0.3 is 0 Å². The fraction of sp³-hybridized carbons (Fsp3) is 0.467. The fourth-order valence-electron chi connectivity index (χ4n) is 1.66. The molecule has 1 aromatic carbocycles. The summed E-state index contributed by atoms with van der Waals surface area (Å²) < 4.78 is 12.9. The first-order chi connectivity index (χ1) is 9.76. The van der Waals surface area contributed by atoms with Crippen molar-refractivity contribution in [2.45, 2.75) is 32.7 Å². The second-order valence-electron chi connectivity index (χ2n) is 5.78. The minimum absolute atomic E-state index is 0.0688. The predicted octanol–water partition coefficient (Wildman–Crippen LogP) is 1.66. The molecule has 0 radical (unpaired) electrons. The number of amides is 2. The van der Waals surface area contributed by atoms with Crippen molar-refractivity contribution in [2.24, 2.45) is 0 Å². The Morgan fingerprint density at radius 3 is 2.52 bits per heavy atom. The molecule has 1 rings (SSSR count). The van der Waals surface area contributed by atoms with Crippen molar-refractivity contribution in [1.82, 2.24) is 10.6 Å². The van der Waals surface area contributed by atoms with E-state index in [1.54, 1.807) is 6.07 Å². The molecule has 0 bridgehead atoms. The Labute approximate surface area is 124 Å². The molecular weight excluding hydrogens is 273 g/mol. The lowest BCUT2D eigenvalue weighted by Gasteiger charge is -2.20. The van der Waals surface area contributed by atoms with Crippen molar-refractivity contribution in [3.63, 3.8) is 0 Å². The Kier molecular flexibility index (Phi) is 6.30. The molecule has 0 saturated carbocycles. The second kappa shape index (κ2) is 7.73. The summed E-state index contributed by atoms with van der Waals surface area (Å²) in [4.78, 5) is 23.1. The normalized spacial score (nSPS) is 11.0. The van der Waals surface area contributed by atoms with E-state index in [0.717, 1.165) is 0 Å². The Balaban J connectivity index is 2.21. The van der Waals surface area contributed by atoms with Crippen LogP contribution in [0.4, 0.5) is 10.1 Å². The third-order valence-electron chi connectivity index (χ3n) is 2.44. The van der Waals surface area contributed by atoms with Gasteiger partial charge in [-0.3, -0.25) is 9.59 Å². The zero-order chi connectivity index (χ0) is 15.9. The number of hydrogen-bond donors (Lipinski definition) is 3. The van der Waals surface area contributed by atoms with Gasteiger partial charge < -0.3 is 16.0 Å². The van der Waals surface area contributed by atoms with E-state index in [0.29, 0.717) is 18.7 Å². The molecule has 116 valence electrons. The van der Waals surface area contributed by atoms with Gasteiger partial charge in [0.1, 0.15) is 5.82 Å². The smallest absolute Gasteiger partial charge is 0.238 e. The highest BCUT2D eigenvalue weighted by molar-refractivity contribution is 5.92. The first-order valence-corrected chi connectivity index (χ1v) is 6.83. The maximum absolute atomic E-state index is 12.9. The van der Waals surface area contributed by atoms with E-state index in [9.17, 15) is 14.0 Å². The standard InChI is InChI=1S/C15H22FN3O2/c1-15(2,3)19-13(20)7-8-17-10-14(21)18-12-6-4-5-11(16)9-12/h4-6,9,17H,7-8,10H2,1-3H3,(H,18,21)(H,19,20). The van der Waals surface area contributed by atoms with Gasteiger partial charge in [-0.2, -0.15) is 0 Å². The van der Waals surface area contributed by atoms with Crippen LogP contribution in [-0.2, 0) is 9.59 Å². The van der Waals surface area contributed by atoms with Gasteiger partial charge in [-0.1, -0.05) is 6.07 Å². The third-order valence-corrected chi connectivity index (χ3v) is 2.44. The molecule has 0 aliphatic rings. The lowest BCUT2D eigenvalue weighted by atomic mass is 10.1.